The first-order valence-electron chi connectivity index (χ1n) is 5.85. The molecule has 0 heterocycles. The molecule has 2 aromatic carbocycles. The summed E-state index contributed by atoms with van der Waals surface area (Å²) < 4.78 is 1.92. The van der Waals surface area contributed by atoms with Crippen molar-refractivity contribution < 1.29 is 9.59 Å². The minimum absolute atomic E-state index is 0.00929. The third kappa shape index (κ3) is 3.78. The van der Waals surface area contributed by atoms with Gasteiger partial charge in [0.05, 0.1) is 5.56 Å². The number of Topliss-reactive ketones (excluding diaryl/α,β-unsaturated/α-hetero) is 1. The van der Waals surface area contributed by atoms with Crippen LogP contribution in [-0.2, 0) is 0 Å². The number of halogens is 2. The van der Waals surface area contributed by atoms with Gasteiger partial charge in [-0.1, -0.05) is 0 Å². The second-order valence-corrected chi connectivity index (χ2v) is 6.62. The van der Waals surface area contributed by atoms with E-state index in [0.717, 1.165) is 7.14 Å². The zero-order chi connectivity index (χ0) is 14.7. The van der Waals surface area contributed by atoms with Crippen LogP contribution in [0.25, 0.3) is 0 Å². The van der Waals surface area contributed by atoms with Gasteiger partial charge in [0, 0.05) is 18.4 Å². The maximum absolute atomic E-state index is 12.2. The Balaban J connectivity index is 2.19. The molecule has 0 radical (unpaired) electrons. The second kappa shape index (κ2) is 6.66. The van der Waals surface area contributed by atoms with Crippen molar-refractivity contribution in [1.29, 1.82) is 0 Å². The van der Waals surface area contributed by atoms with Gasteiger partial charge in [-0.05, 0) is 94.6 Å². The molecule has 0 saturated heterocycles. The van der Waals surface area contributed by atoms with Gasteiger partial charge in [0.25, 0.3) is 5.91 Å². The number of carbonyl (C=O) groups is 2. The molecule has 0 fully saturated rings. The smallest absolute Gasteiger partial charge is 0.256 e. The Kier molecular flexibility index (Phi) is 5.14. The van der Waals surface area contributed by atoms with Crippen molar-refractivity contribution in [3.8, 4) is 0 Å². The van der Waals surface area contributed by atoms with Gasteiger partial charge in [0.1, 0.15) is 0 Å². The molecular formula is C15H11I2NO2. The summed E-state index contributed by atoms with van der Waals surface area (Å²) in [6.07, 6.45) is 0. The Morgan fingerprint density at radius 1 is 1.00 bits per heavy atom. The van der Waals surface area contributed by atoms with Crippen LogP contribution in [-0.4, -0.2) is 11.7 Å². The highest BCUT2D eigenvalue weighted by Crippen LogP contribution is 2.18. The number of nitrogens with one attached hydrogen (secondary N) is 1. The predicted octanol–water partition coefficient (Wildman–Crippen LogP) is 4.35. The van der Waals surface area contributed by atoms with Crippen molar-refractivity contribution in [2.45, 2.75) is 6.92 Å². The average Bonchev–Trinajstić information content (AvgIpc) is 2.42. The maximum atomic E-state index is 12.2. The number of ketones is 1. The van der Waals surface area contributed by atoms with E-state index in [1.807, 2.05) is 18.2 Å². The number of benzene rings is 2. The number of hydrogen-bond donors (Lipinski definition) is 1. The molecule has 0 aliphatic heterocycles. The lowest BCUT2D eigenvalue weighted by molar-refractivity contribution is 0.101. The van der Waals surface area contributed by atoms with E-state index < -0.39 is 0 Å². The van der Waals surface area contributed by atoms with Gasteiger partial charge in [-0.25, -0.2) is 0 Å². The van der Waals surface area contributed by atoms with E-state index in [-0.39, 0.29) is 11.7 Å². The fraction of sp³-hybridized carbons (Fsp3) is 0.0667. The number of rotatable bonds is 3. The van der Waals surface area contributed by atoms with E-state index in [2.05, 4.69) is 50.5 Å². The highest BCUT2D eigenvalue weighted by Gasteiger charge is 2.11. The highest BCUT2D eigenvalue weighted by atomic mass is 127. The largest absolute Gasteiger partial charge is 0.322 e. The average molecular weight is 491 g/mol. The van der Waals surface area contributed by atoms with E-state index >= 15 is 0 Å². The standard InChI is InChI=1S/C15H11I2NO2/c1-9(19)10-2-5-12(6-3-10)18-15(20)13-8-11(16)4-7-14(13)17/h2-8H,1H3,(H,18,20). The van der Waals surface area contributed by atoms with E-state index in [0.29, 0.717) is 16.8 Å². The van der Waals surface area contributed by atoms with Gasteiger partial charge in [0.15, 0.2) is 5.78 Å². The SMILES string of the molecule is CC(=O)c1ccc(NC(=O)c2cc(I)ccc2I)cc1. The van der Waals surface area contributed by atoms with Gasteiger partial charge in [-0.2, -0.15) is 0 Å². The summed E-state index contributed by atoms with van der Waals surface area (Å²) in [7, 11) is 0. The molecule has 0 aromatic heterocycles. The lowest BCUT2D eigenvalue weighted by atomic mass is 10.1. The summed E-state index contributed by atoms with van der Waals surface area (Å²) in [4.78, 5) is 23.4. The number of amides is 1. The van der Waals surface area contributed by atoms with Crippen LogP contribution in [0.5, 0.6) is 0 Å². The molecule has 2 rings (SSSR count). The molecule has 20 heavy (non-hydrogen) atoms. The van der Waals surface area contributed by atoms with Crippen LogP contribution in [0.2, 0.25) is 0 Å². The van der Waals surface area contributed by atoms with Gasteiger partial charge in [0.2, 0.25) is 0 Å². The van der Waals surface area contributed by atoms with Gasteiger partial charge >= 0.3 is 0 Å². The monoisotopic (exact) mass is 491 g/mol. The van der Waals surface area contributed by atoms with E-state index in [9.17, 15) is 9.59 Å². The Bertz CT molecular complexity index is 666. The summed E-state index contributed by atoms with van der Waals surface area (Å²) in [6.45, 7) is 1.52. The number of carbonyl (C=O) groups excluding carboxylic acids is 2. The van der Waals surface area contributed by atoms with Crippen LogP contribution < -0.4 is 5.32 Å². The molecule has 0 bridgehead atoms. The molecule has 1 amide bonds. The fourth-order valence-electron chi connectivity index (χ4n) is 1.66. The van der Waals surface area contributed by atoms with Gasteiger partial charge in [-0.3, -0.25) is 9.59 Å². The summed E-state index contributed by atoms with van der Waals surface area (Å²) >= 11 is 4.32. The molecule has 102 valence electrons. The molecule has 2 aromatic rings. The summed E-state index contributed by atoms with van der Waals surface area (Å²) in [5.41, 5.74) is 1.95. The molecule has 0 unspecified atom stereocenters. The van der Waals surface area contributed by atoms with Crippen molar-refractivity contribution in [2.24, 2.45) is 0 Å². The minimum atomic E-state index is -0.150. The Morgan fingerprint density at radius 3 is 2.25 bits per heavy atom. The third-order valence-corrected chi connectivity index (χ3v) is 4.33. The van der Waals surface area contributed by atoms with Crippen molar-refractivity contribution in [2.75, 3.05) is 5.32 Å². The lowest BCUT2D eigenvalue weighted by Gasteiger charge is -2.08. The quantitative estimate of drug-likeness (QED) is 0.513. The number of hydrogen-bond acceptors (Lipinski definition) is 2. The summed E-state index contributed by atoms with van der Waals surface area (Å²) in [6, 6.07) is 12.6. The summed E-state index contributed by atoms with van der Waals surface area (Å²) in [5.74, 6) is -0.140. The van der Waals surface area contributed by atoms with E-state index in [1.54, 1.807) is 24.3 Å². The van der Waals surface area contributed by atoms with E-state index in [1.165, 1.54) is 6.92 Å². The molecule has 0 saturated carbocycles. The third-order valence-electron chi connectivity index (χ3n) is 2.72. The Morgan fingerprint density at radius 2 is 1.65 bits per heavy atom. The first kappa shape index (κ1) is 15.4. The summed E-state index contributed by atoms with van der Waals surface area (Å²) in [5, 5.41) is 2.83. The lowest BCUT2D eigenvalue weighted by Crippen LogP contribution is -2.13. The molecule has 0 aliphatic carbocycles. The first-order chi connectivity index (χ1) is 9.47. The van der Waals surface area contributed by atoms with Crippen molar-refractivity contribution in [1.82, 2.24) is 0 Å². The number of anilines is 1. The van der Waals surface area contributed by atoms with Gasteiger partial charge < -0.3 is 5.32 Å². The Hall–Kier alpha value is -0.960. The van der Waals surface area contributed by atoms with Crippen LogP contribution in [0.15, 0.2) is 42.5 Å². The predicted molar refractivity (Wildman–Crippen MR) is 96.3 cm³/mol. The zero-order valence-corrected chi connectivity index (χ0v) is 14.9. The van der Waals surface area contributed by atoms with E-state index in [4.69, 9.17) is 0 Å². The second-order valence-electron chi connectivity index (χ2n) is 4.21. The Labute approximate surface area is 144 Å². The minimum Gasteiger partial charge on any atom is -0.322 e. The topological polar surface area (TPSA) is 46.2 Å². The molecular weight excluding hydrogens is 480 g/mol. The van der Waals surface area contributed by atoms with Crippen molar-refractivity contribution in [3.63, 3.8) is 0 Å². The highest BCUT2D eigenvalue weighted by molar-refractivity contribution is 14.1. The molecule has 1 N–H and O–H groups in total. The van der Waals surface area contributed by atoms with Crippen molar-refractivity contribution >= 4 is 62.6 Å². The normalized spacial score (nSPS) is 10.2. The molecule has 0 atom stereocenters. The van der Waals surface area contributed by atoms with Crippen LogP contribution in [0.3, 0.4) is 0 Å². The van der Waals surface area contributed by atoms with Crippen LogP contribution >= 0.6 is 45.2 Å². The molecule has 0 aliphatic rings. The molecule has 3 nitrogen and oxygen atoms in total. The van der Waals surface area contributed by atoms with Crippen LogP contribution in [0, 0.1) is 7.14 Å². The van der Waals surface area contributed by atoms with Gasteiger partial charge in [-0.15, -0.1) is 0 Å². The molecule has 0 spiro atoms. The van der Waals surface area contributed by atoms with Crippen LogP contribution in [0.1, 0.15) is 27.6 Å². The van der Waals surface area contributed by atoms with Crippen molar-refractivity contribution in [3.05, 3.63) is 60.7 Å². The first-order valence-corrected chi connectivity index (χ1v) is 8.00. The zero-order valence-electron chi connectivity index (χ0n) is 10.6. The fourth-order valence-corrected chi connectivity index (χ4v) is 2.73. The molecule has 5 heteroatoms. The maximum Gasteiger partial charge on any atom is 0.256 e. The van der Waals surface area contributed by atoms with Crippen LogP contribution in [0.4, 0.5) is 5.69 Å².